The van der Waals surface area contributed by atoms with E-state index in [-0.39, 0.29) is 12.1 Å². The Bertz CT molecular complexity index is 669. The standard InChI is InChI=1S/C33H60NO4S/c1-2-3-4-5-6-7-8-9-10-11-12-13-14-15-16-20-24-36-27-31-26-32(37-28-31)29-38-33(35)21-18-17-19-22-34-23-25-39-30-34/h23,25,30-32H,2-22,24,26-29H2,1H3/q+1/t31-,32-/m0/s1. The van der Waals surface area contributed by atoms with Crippen LogP contribution in [0.5, 0.6) is 0 Å². The second-order valence-electron chi connectivity index (χ2n) is 11.7. The molecule has 1 saturated heterocycles. The van der Waals surface area contributed by atoms with Crippen molar-refractivity contribution in [2.75, 3.05) is 26.4 Å². The zero-order valence-electron chi connectivity index (χ0n) is 25.3. The fourth-order valence-electron chi connectivity index (χ4n) is 5.40. The van der Waals surface area contributed by atoms with Crippen LogP contribution in [0.15, 0.2) is 17.1 Å². The molecule has 0 spiro atoms. The molecule has 0 amide bonds. The van der Waals surface area contributed by atoms with Crippen LogP contribution in [0, 0.1) is 5.92 Å². The van der Waals surface area contributed by atoms with Gasteiger partial charge in [-0.1, -0.05) is 115 Å². The molecule has 2 atom stereocenters. The van der Waals surface area contributed by atoms with Crippen molar-refractivity contribution in [3.63, 3.8) is 0 Å². The average molecular weight is 567 g/mol. The molecule has 1 aliphatic heterocycles. The Labute approximate surface area is 244 Å². The number of hydrogen-bond donors (Lipinski definition) is 0. The first-order valence-electron chi connectivity index (χ1n) is 16.5. The van der Waals surface area contributed by atoms with Crippen molar-refractivity contribution in [1.29, 1.82) is 0 Å². The lowest BCUT2D eigenvalue weighted by Crippen LogP contribution is -2.29. The quantitative estimate of drug-likeness (QED) is 0.0606. The first kappa shape index (κ1) is 34.2. The molecular weight excluding hydrogens is 506 g/mol. The largest absolute Gasteiger partial charge is 0.463 e. The zero-order chi connectivity index (χ0) is 27.6. The van der Waals surface area contributed by atoms with Gasteiger partial charge in [-0.3, -0.25) is 4.79 Å². The fourth-order valence-corrected chi connectivity index (χ4v) is 6.03. The smallest absolute Gasteiger partial charge is 0.305 e. The topological polar surface area (TPSA) is 48.6 Å². The Balaban J connectivity index is 1.27. The highest BCUT2D eigenvalue weighted by Gasteiger charge is 2.26. The molecule has 0 aromatic carbocycles. The van der Waals surface area contributed by atoms with Crippen LogP contribution in [-0.2, 0) is 25.5 Å². The van der Waals surface area contributed by atoms with E-state index in [9.17, 15) is 4.79 Å². The van der Waals surface area contributed by atoms with Gasteiger partial charge in [0.15, 0.2) is 6.20 Å². The zero-order valence-corrected chi connectivity index (χ0v) is 26.1. The fraction of sp³-hybridized carbons (Fsp3) is 0.879. The first-order valence-corrected chi connectivity index (χ1v) is 17.5. The summed E-state index contributed by atoms with van der Waals surface area (Å²) in [7, 11) is 0. The molecule has 0 bridgehead atoms. The lowest BCUT2D eigenvalue weighted by Gasteiger charge is -2.11. The third-order valence-electron chi connectivity index (χ3n) is 7.91. The number of carbonyl (C=O) groups excluding carboxylic acids is 1. The van der Waals surface area contributed by atoms with Crippen molar-refractivity contribution in [3.8, 4) is 0 Å². The first-order chi connectivity index (χ1) is 19.3. The van der Waals surface area contributed by atoms with Crippen molar-refractivity contribution in [2.45, 2.75) is 154 Å². The van der Waals surface area contributed by atoms with Crippen LogP contribution in [0.25, 0.3) is 0 Å². The van der Waals surface area contributed by atoms with Gasteiger partial charge in [0.2, 0.25) is 5.51 Å². The molecule has 0 unspecified atom stereocenters. The van der Waals surface area contributed by atoms with Gasteiger partial charge in [-0.05, 0) is 25.7 Å². The highest BCUT2D eigenvalue weighted by Crippen LogP contribution is 2.21. The summed E-state index contributed by atoms with van der Waals surface area (Å²) < 4.78 is 19.4. The predicted octanol–water partition coefficient (Wildman–Crippen LogP) is 8.82. The van der Waals surface area contributed by atoms with Crippen LogP contribution >= 0.6 is 11.3 Å². The number of carbonyl (C=O) groups is 1. The van der Waals surface area contributed by atoms with Gasteiger partial charge in [0.1, 0.15) is 13.2 Å². The number of thiazole rings is 1. The minimum atomic E-state index is -0.0926. The number of ether oxygens (including phenoxy) is 3. The number of aromatic nitrogens is 1. The molecule has 0 radical (unpaired) electrons. The second kappa shape index (κ2) is 24.8. The minimum absolute atomic E-state index is 0.0353. The molecule has 226 valence electrons. The number of hydrogen-bond acceptors (Lipinski definition) is 5. The van der Waals surface area contributed by atoms with Crippen molar-refractivity contribution < 1.29 is 23.6 Å². The van der Waals surface area contributed by atoms with Gasteiger partial charge in [-0.25, -0.2) is 0 Å². The molecule has 2 rings (SSSR count). The van der Waals surface area contributed by atoms with E-state index in [1.165, 1.54) is 103 Å². The maximum Gasteiger partial charge on any atom is 0.305 e. The minimum Gasteiger partial charge on any atom is -0.463 e. The Morgan fingerprint density at radius 2 is 1.44 bits per heavy atom. The maximum absolute atomic E-state index is 12.0. The molecular formula is C33H60NO4S+. The van der Waals surface area contributed by atoms with Gasteiger partial charge in [0.25, 0.3) is 0 Å². The summed E-state index contributed by atoms with van der Waals surface area (Å²) >= 11 is 1.71. The van der Waals surface area contributed by atoms with Crippen molar-refractivity contribution in [1.82, 2.24) is 0 Å². The van der Waals surface area contributed by atoms with Gasteiger partial charge in [0.05, 0.1) is 24.7 Å². The van der Waals surface area contributed by atoms with E-state index in [0.29, 0.717) is 18.9 Å². The van der Waals surface area contributed by atoms with E-state index < -0.39 is 0 Å². The van der Waals surface area contributed by atoms with E-state index >= 15 is 0 Å². The van der Waals surface area contributed by atoms with E-state index in [4.69, 9.17) is 14.2 Å². The lowest BCUT2D eigenvalue weighted by molar-refractivity contribution is -0.692. The summed E-state index contributed by atoms with van der Waals surface area (Å²) in [6.07, 6.45) is 28.9. The van der Waals surface area contributed by atoms with Gasteiger partial charge in [-0.15, -0.1) is 0 Å². The van der Waals surface area contributed by atoms with E-state index in [1.807, 2.05) is 0 Å². The van der Waals surface area contributed by atoms with E-state index in [2.05, 4.69) is 28.6 Å². The average Bonchev–Trinajstić information content (AvgIpc) is 3.63. The third-order valence-corrected chi connectivity index (χ3v) is 8.59. The Morgan fingerprint density at radius 1 is 0.821 bits per heavy atom. The van der Waals surface area contributed by atoms with Crippen molar-refractivity contribution in [2.24, 2.45) is 5.92 Å². The Kier molecular flexibility index (Phi) is 21.8. The summed E-state index contributed by atoms with van der Waals surface area (Å²) in [5, 5.41) is 2.08. The molecule has 5 nitrogen and oxygen atoms in total. The molecule has 39 heavy (non-hydrogen) atoms. The van der Waals surface area contributed by atoms with E-state index in [1.54, 1.807) is 11.3 Å². The van der Waals surface area contributed by atoms with Crippen LogP contribution in [0.1, 0.15) is 142 Å². The lowest BCUT2D eigenvalue weighted by atomic mass is 10.0. The second-order valence-corrected chi connectivity index (χ2v) is 12.4. The number of esters is 1. The molecule has 1 aromatic rings. The van der Waals surface area contributed by atoms with Gasteiger partial charge >= 0.3 is 5.97 Å². The molecule has 2 heterocycles. The van der Waals surface area contributed by atoms with Gasteiger partial charge < -0.3 is 14.2 Å². The van der Waals surface area contributed by atoms with Gasteiger partial charge in [-0.2, -0.15) is 4.57 Å². The Hall–Kier alpha value is -0.980. The third kappa shape index (κ3) is 19.7. The number of unbranched alkanes of at least 4 members (excludes halogenated alkanes) is 17. The number of nitrogens with zero attached hydrogens (tertiary/aromatic N) is 1. The molecule has 6 heteroatoms. The summed E-state index contributed by atoms with van der Waals surface area (Å²) in [5.41, 5.74) is 2.12. The SMILES string of the molecule is CCCCCCCCCCCCCCCCCCOC[C@H]1CO[C@H](COC(=O)CCCCC[n+]2ccsc2)C1. The summed E-state index contributed by atoms with van der Waals surface area (Å²) in [6, 6.07) is 0. The molecule has 1 aromatic heterocycles. The maximum atomic E-state index is 12.0. The summed E-state index contributed by atoms with van der Waals surface area (Å²) in [6.45, 7) is 6.06. The predicted molar refractivity (Wildman–Crippen MR) is 162 cm³/mol. The Morgan fingerprint density at radius 3 is 2.05 bits per heavy atom. The van der Waals surface area contributed by atoms with Crippen LogP contribution in [0.4, 0.5) is 0 Å². The monoisotopic (exact) mass is 566 g/mol. The molecule has 1 fully saturated rings. The summed E-state index contributed by atoms with van der Waals surface area (Å²) in [5.74, 6) is 0.342. The summed E-state index contributed by atoms with van der Waals surface area (Å²) in [4.78, 5) is 12.0. The highest BCUT2D eigenvalue weighted by molar-refractivity contribution is 7.07. The van der Waals surface area contributed by atoms with Crippen LogP contribution in [0.2, 0.25) is 0 Å². The molecule has 0 saturated carbocycles. The number of rotatable bonds is 27. The van der Waals surface area contributed by atoms with Crippen molar-refractivity contribution >= 4 is 17.3 Å². The van der Waals surface area contributed by atoms with Gasteiger partial charge in [0, 0.05) is 25.4 Å². The van der Waals surface area contributed by atoms with E-state index in [0.717, 1.165) is 52.0 Å². The van der Waals surface area contributed by atoms with Crippen LogP contribution < -0.4 is 4.57 Å². The molecule has 1 aliphatic rings. The normalized spacial score (nSPS) is 17.2. The van der Waals surface area contributed by atoms with Crippen LogP contribution in [-0.4, -0.2) is 38.5 Å². The van der Waals surface area contributed by atoms with Crippen LogP contribution in [0.3, 0.4) is 0 Å². The number of aryl methyl sites for hydroxylation is 1. The molecule has 0 N–H and O–H groups in total. The highest BCUT2D eigenvalue weighted by atomic mass is 32.1. The molecule has 0 aliphatic carbocycles. The van der Waals surface area contributed by atoms with Crippen molar-refractivity contribution in [3.05, 3.63) is 17.1 Å².